The van der Waals surface area contributed by atoms with E-state index in [0.29, 0.717) is 13.0 Å². The second-order valence-electron chi connectivity index (χ2n) is 10.3. The van der Waals surface area contributed by atoms with Crippen LogP contribution < -0.4 is 16.0 Å². The molecule has 4 amide bonds. The van der Waals surface area contributed by atoms with Crippen molar-refractivity contribution in [3.63, 3.8) is 0 Å². The number of nitriles is 1. The first-order chi connectivity index (χ1) is 17.2. The first kappa shape index (κ1) is 28.6. The Morgan fingerprint density at radius 3 is 2.38 bits per heavy atom. The highest BCUT2D eigenvalue weighted by Crippen LogP contribution is 2.49. The van der Waals surface area contributed by atoms with Gasteiger partial charge in [-0.2, -0.15) is 18.4 Å². The van der Waals surface area contributed by atoms with Crippen LogP contribution in [0.25, 0.3) is 0 Å². The number of fused-ring (bicyclic) bond motifs is 3. The van der Waals surface area contributed by atoms with Crippen molar-refractivity contribution in [2.75, 3.05) is 6.54 Å². The molecule has 0 aromatic carbocycles. The van der Waals surface area contributed by atoms with E-state index in [9.17, 15) is 46.4 Å². The van der Waals surface area contributed by atoms with Crippen molar-refractivity contribution in [3.05, 3.63) is 0 Å². The molecule has 1 aliphatic carbocycles. The first-order valence-corrected chi connectivity index (χ1v) is 12.2. The highest BCUT2D eigenvalue weighted by molar-refractivity contribution is 5.94. The lowest BCUT2D eigenvalue weighted by Gasteiger charge is -2.54. The zero-order valence-electron chi connectivity index (χ0n) is 20.4. The molecule has 6 atom stereocenters. The van der Waals surface area contributed by atoms with Gasteiger partial charge in [-0.25, -0.2) is 8.78 Å². The molecular weight excluding hydrogens is 505 g/mol. The summed E-state index contributed by atoms with van der Waals surface area (Å²) in [6.45, 7) is 3.62. The number of carbonyl (C=O) groups is 4. The number of halogens is 5. The third-order valence-corrected chi connectivity index (χ3v) is 7.18. The highest BCUT2D eigenvalue weighted by Gasteiger charge is 2.61. The molecule has 2 bridgehead atoms. The van der Waals surface area contributed by atoms with Crippen molar-refractivity contribution < 1.29 is 41.1 Å². The molecule has 206 valence electrons. The summed E-state index contributed by atoms with van der Waals surface area (Å²) >= 11 is 0. The van der Waals surface area contributed by atoms with Gasteiger partial charge in [0.2, 0.25) is 17.7 Å². The molecule has 14 heteroatoms. The summed E-state index contributed by atoms with van der Waals surface area (Å²) < 4.78 is 68.5. The Bertz CT molecular complexity index is 966. The van der Waals surface area contributed by atoms with E-state index in [1.54, 1.807) is 19.2 Å². The Morgan fingerprint density at radius 2 is 1.86 bits per heavy atom. The zero-order chi connectivity index (χ0) is 27.7. The van der Waals surface area contributed by atoms with Crippen molar-refractivity contribution >= 4 is 23.6 Å². The second-order valence-corrected chi connectivity index (χ2v) is 10.3. The van der Waals surface area contributed by atoms with Crippen LogP contribution in [0, 0.1) is 29.1 Å². The van der Waals surface area contributed by atoms with Crippen molar-refractivity contribution in [1.29, 1.82) is 5.26 Å². The summed E-state index contributed by atoms with van der Waals surface area (Å²) in [7, 11) is 0. The monoisotopic (exact) mass is 535 g/mol. The third-order valence-electron chi connectivity index (χ3n) is 7.18. The standard InChI is InChI=1S/C23H30F5N5O4/c1-11(2)7-16(32-21(37)23(26,27)28)20(36)33-14-3-4-15(22(24,25)9-14)17(33)19(35)31-13(10-29)8-12-5-6-30-18(12)34/h11-17H,3-9H2,1-2H3,(H,30,34)(H,31,35)(H,32,37)/t12-,13-,14+,15+,16-,17+/m1/s1. The fourth-order valence-corrected chi connectivity index (χ4v) is 5.49. The Labute approximate surface area is 210 Å². The van der Waals surface area contributed by atoms with Gasteiger partial charge in [0.05, 0.1) is 12.0 Å². The minimum absolute atomic E-state index is 0.0587. The Hall–Kier alpha value is -2.98. The molecule has 3 heterocycles. The second kappa shape index (κ2) is 10.8. The molecule has 0 aromatic rings. The summed E-state index contributed by atoms with van der Waals surface area (Å²) in [5.41, 5.74) is 0. The fourth-order valence-electron chi connectivity index (χ4n) is 5.49. The number of hydrogen-bond donors (Lipinski definition) is 3. The molecule has 4 rings (SSSR count). The van der Waals surface area contributed by atoms with E-state index in [1.165, 1.54) is 0 Å². The molecule has 3 aliphatic heterocycles. The van der Waals surface area contributed by atoms with Gasteiger partial charge in [-0.15, -0.1) is 0 Å². The Kier molecular flexibility index (Phi) is 8.34. The maximum atomic E-state index is 14.9. The maximum Gasteiger partial charge on any atom is 0.471 e. The van der Waals surface area contributed by atoms with E-state index >= 15 is 0 Å². The number of piperidine rings is 2. The highest BCUT2D eigenvalue weighted by atomic mass is 19.4. The van der Waals surface area contributed by atoms with Gasteiger partial charge in [0.15, 0.2) is 0 Å². The minimum atomic E-state index is -5.27. The predicted octanol–water partition coefficient (Wildman–Crippen LogP) is 1.63. The summed E-state index contributed by atoms with van der Waals surface area (Å²) in [6, 6.07) is -3.94. The van der Waals surface area contributed by atoms with Crippen molar-refractivity contribution in [2.45, 2.75) is 88.6 Å². The lowest BCUT2D eigenvalue weighted by atomic mass is 9.71. The number of hydrogen-bond acceptors (Lipinski definition) is 5. The predicted molar refractivity (Wildman–Crippen MR) is 117 cm³/mol. The average Bonchev–Trinajstić information content (AvgIpc) is 3.19. The van der Waals surface area contributed by atoms with Gasteiger partial charge in [0, 0.05) is 24.9 Å². The van der Waals surface area contributed by atoms with E-state index in [-0.39, 0.29) is 37.5 Å². The summed E-state index contributed by atoms with van der Waals surface area (Å²) in [6.07, 6.45) is -5.87. The normalized spacial score (nSPS) is 28.3. The zero-order valence-corrected chi connectivity index (χ0v) is 20.4. The molecule has 1 saturated carbocycles. The quantitative estimate of drug-likeness (QED) is 0.407. The number of rotatable bonds is 8. The lowest BCUT2D eigenvalue weighted by molar-refractivity contribution is -0.196. The molecule has 3 N–H and O–H groups in total. The van der Waals surface area contributed by atoms with Crippen molar-refractivity contribution in [2.24, 2.45) is 17.8 Å². The molecule has 0 aromatic heterocycles. The summed E-state index contributed by atoms with van der Waals surface area (Å²) in [4.78, 5) is 51.1. The molecule has 0 unspecified atom stereocenters. The van der Waals surface area contributed by atoms with Gasteiger partial charge in [-0.1, -0.05) is 13.8 Å². The van der Waals surface area contributed by atoms with Crippen molar-refractivity contribution in [3.8, 4) is 6.07 Å². The number of amides is 4. The number of nitrogens with one attached hydrogen (secondary N) is 3. The molecule has 4 fully saturated rings. The topological polar surface area (TPSA) is 131 Å². The number of nitrogens with zero attached hydrogens (tertiary/aromatic N) is 2. The van der Waals surface area contributed by atoms with Gasteiger partial charge in [0.1, 0.15) is 18.1 Å². The van der Waals surface area contributed by atoms with E-state index in [0.717, 1.165) is 4.90 Å². The fraction of sp³-hybridized carbons (Fsp3) is 0.783. The smallest absolute Gasteiger partial charge is 0.356 e. The molecule has 3 saturated heterocycles. The van der Waals surface area contributed by atoms with Gasteiger partial charge in [-0.3, -0.25) is 19.2 Å². The van der Waals surface area contributed by atoms with Crippen LogP contribution in [0.2, 0.25) is 0 Å². The van der Waals surface area contributed by atoms with E-state index in [1.807, 2.05) is 6.07 Å². The van der Waals surface area contributed by atoms with Crippen LogP contribution in [0.1, 0.15) is 52.4 Å². The summed E-state index contributed by atoms with van der Waals surface area (Å²) in [5.74, 6) is -10.6. The first-order valence-electron chi connectivity index (χ1n) is 12.2. The molecule has 4 aliphatic rings. The minimum Gasteiger partial charge on any atom is -0.356 e. The maximum absolute atomic E-state index is 14.9. The van der Waals surface area contributed by atoms with E-state index in [4.69, 9.17) is 0 Å². The van der Waals surface area contributed by atoms with Gasteiger partial charge >= 0.3 is 12.1 Å². The summed E-state index contributed by atoms with van der Waals surface area (Å²) in [5, 5.41) is 16.1. The van der Waals surface area contributed by atoms with Crippen LogP contribution >= 0.6 is 0 Å². The van der Waals surface area contributed by atoms with Crippen LogP contribution in [0.4, 0.5) is 22.0 Å². The number of carbonyl (C=O) groups excluding carboxylic acids is 4. The molecule has 37 heavy (non-hydrogen) atoms. The van der Waals surface area contributed by atoms with Crippen LogP contribution in [0.15, 0.2) is 0 Å². The molecule has 0 spiro atoms. The molecule has 9 nitrogen and oxygen atoms in total. The average molecular weight is 536 g/mol. The van der Waals surface area contributed by atoms with Crippen LogP contribution in [0.3, 0.4) is 0 Å². The van der Waals surface area contributed by atoms with Crippen LogP contribution in [0.5, 0.6) is 0 Å². The Balaban J connectivity index is 1.87. The largest absolute Gasteiger partial charge is 0.471 e. The lowest BCUT2D eigenvalue weighted by Crippen LogP contribution is -2.71. The molecular formula is C23H30F5N5O4. The van der Waals surface area contributed by atoms with Crippen LogP contribution in [-0.2, 0) is 19.2 Å². The Morgan fingerprint density at radius 1 is 1.19 bits per heavy atom. The molecule has 0 radical (unpaired) electrons. The number of alkyl halides is 5. The van der Waals surface area contributed by atoms with E-state index < -0.39 is 72.2 Å². The van der Waals surface area contributed by atoms with Gasteiger partial charge < -0.3 is 20.9 Å². The van der Waals surface area contributed by atoms with Gasteiger partial charge in [0.25, 0.3) is 5.92 Å². The van der Waals surface area contributed by atoms with Crippen molar-refractivity contribution in [1.82, 2.24) is 20.9 Å². The van der Waals surface area contributed by atoms with Gasteiger partial charge in [-0.05, 0) is 38.0 Å². The SMILES string of the molecule is CC(C)C[C@@H](NC(=O)C(F)(F)F)C(=O)N1[C@H]2CC[C@@H]([C@H]1C(=O)N[C@@H](C#N)C[C@H]1CCNC1=O)C(F)(F)C2. The third kappa shape index (κ3) is 6.30. The van der Waals surface area contributed by atoms with Crippen LogP contribution in [-0.4, -0.2) is 71.3 Å². The van der Waals surface area contributed by atoms with E-state index in [2.05, 4.69) is 10.6 Å².